The lowest BCUT2D eigenvalue weighted by molar-refractivity contribution is -0.122. The molecule has 0 N–H and O–H groups in total. The molecule has 1 aromatic heterocycles. The molecule has 2 aliphatic heterocycles. The first-order chi connectivity index (χ1) is 13.4. The van der Waals surface area contributed by atoms with Gasteiger partial charge in [0.2, 0.25) is 10.0 Å². The molecule has 0 bridgehead atoms. The predicted molar refractivity (Wildman–Crippen MR) is 106 cm³/mol. The van der Waals surface area contributed by atoms with Crippen LogP contribution in [-0.4, -0.2) is 55.3 Å². The number of hydrogen-bond acceptors (Lipinski definition) is 6. The van der Waals surface area contributed by atoms with Crippen LogP contribution in [0.4, 0.5) is 0 Å². The van der Waals surface area contributed by atoms with Crippen LogP contribution in [0.3, 0.4) is 0 Å². The van der Waals surface area contributed by atoms with Gasteiger partial charge in [0.15, 0.2) is 16.3 Å². The van der Waals surface area contributed by atoms with E-state index in [1.165, 1.54) is 15.6 Å². The molecule has 8 nitrogen and oxygen atoms in total. The number of aryl methyl sites for hydroxylation is 1. The molecule has 1 amide bonds. The van der Waals surface area contributed by atoms with Gasteiger partial charge in [-0.15, -0.1) is 0 Å². The highest BCUT2D eigenvalue weighted by Crippen LogP contribution is 2.35. The van der Waals surface area contributed by atoms with Gasteiger partial charge in [0.25, 0.3) is 5.91 Å². The topological polar surface area (TPSA) is 90.2 Å². The largest absolute Gasteiger partial charge is 0.486 e. The lowest BCUT2D eigenvalue weighted by atomic mass is 10.0. The number of aromatic nitrogens is 1. The number of piperidine rings is 1. The molecule has 1 atom stereocenters. The molecule has 1 aromatic carbocycles. The molecule has 4 rings (SSSR count). The number of benzene rings is 1. The average molecular weight is 426 g/mol. The van der Waals surface area contributed by atoms with Crippen LogP contribution in [0.1, 0.15) is 26.2 Å². The van der Waals surface area contributed by atoms with Crippen LogP contribution in [0.15, 0.2) is 17.1 Å². The van der Waals surface area contributed by atoms with Crippen LogP contribution in [0.5, 0.6) is 11.5 Å². The summed E-state index contributed by atoms with van der Waals surface area (Å²) in [4.78, 5) is 17.8. The molecule has 0 radical (unpaired) electrons. The minimum absolute atomic E-state index is 0.367. The van der Waals surface area contributed by atoms with Crippen molar-refractivity contribution >= 4 is 37.5 Å². The first-order valence-corrected chi connectivity index (χ1v) is 12.0. The van der Waals surface area contributed by atoms with E-state index in [1.54, 1.807) is 0 Å². The van der Waals surface area contributed by atoms with Crippen molar-refractivity contribution in [2.45, 2.75) is 38.8 Å². The highest BCUT2D eigenvalue weighted by atomic mass is 32.2. The van der Waals surface area contributed by atoms with E-state index in [-0.39, 0.29) is 0 Å². The van der Waals surface area contributed by atoms with Crippen LogP contribution >= 0.6 is 11.3 Å². The van der Waals surface area contributed by atoms with Gasteiger partial charge in [0, 0.05) is 25.2 Å². The number of amides is 1. The first kappa shape index (κ1) is 19.4. The highest BCUT2D eigenvalue weighted by molar-refractivity contribution is 7.88. The molecular formula is C18H23N3O5S2. The molecule has 1 unspecified atom stereocenters. The Morgan fingerprint density at radius 1 is 1.25 bits per heavy atom. The van der Waals surface area contributed by atoms with Crippen molar-refractivity contribution in [3.8, 4) is 11.5 Å². The number of carbonyl (C=O) groups is 1. The Kier molecular flexibility index (Phi) is 5.19. The Balaban J connectivity index is 1.77. The minimum atomic E-state index is -3.45. The number of nitrogens with zero attached hydrogens (tertiary/aromatic N) is 3. The molecule has 0 saturated carbocycles. The van der Waals surface area contributed by atoms with E-state index in [2.05, 4.69) is 4.99 Å². The third-order valence-corrected chi connectivity index (χ3v) is 7.36. The number of thiazole rings is 1. The zero-order chi connectivity index (χ0) is 19.9. The van der Waals surface area contributed by atoms with Gasteiger partial charge in [0.1, 0.15) is 19.3 Å². The number of carbonyl (C=O) groups excluding carboxylic acids is 1. The molecule has 28 heavy (non-hydrogen) atoms. The summed E-state index contributed by atoms with van der Waals surface area (Å²) in [6, 6.07) is 3.10. The molecule has 2 aliphatic rings. The summed E-state index contributed by atoms with van der Waals surface area (Å²) in [5.74, 6) is 0.972. The highest BCUT2D eigenvalue weighted by Gasteiger charge is 2.34. The second kappa shape index (κ2) is 7.49. The zero-order valence-corrected chi connectivity index (χ0v) is 17.5. The Hall–Kier alpha value is -1.91. The molecule has 152 valence electrons. The van der Waals surface area contributed by atoms with E-state index in [1.807, 2.05) is 23.6 Å². The van der Waals surface area contributed by atoms with E-state index in [0.29, 0.717) is 49.0 Å². The van der Waals surface area contributed by atoms with Gasteiger partial charge < -0.3 is 14.0 Å². The van der Waals surface area contributed by atoms with Crippen LogP contribution in [-0.2, 0) is 21.4 Å². The standard InChI is InChI=1S/C18H23N3O5S2/c1-3-20-13-10-14-15(26-9-8-25-14)11-16(13)27-18(20)19-17(22)12-6-4-5-7-21(12)28(2,23)24/h10-12H,3-9H2,1-2H3. The Labute approximate surface area is 167 Å². The van der Waals surface area contributed by atoms with Crippen LogP contribution in [0.25, 0.3) is 10.2 Å². The molecule has 0 aliphatic carbocycles. The third-order valence-electron chi connectivity index (χ3n) is 5.03. The van der Waals surface area contributed by atoms with E-state index in [0.717, 1.165) is 29.3 Å². The van der Waals surface area contributed by atoms with Gasteiger partial charge in [-0.05, 0) is 19.8 Å². The summed E-state index contributed by atoms with van der Waals surface area (Å²) < 4.78 is 39.6. The molecular weight excluding hydrogens is 402 g/mol. The minimum Gasteiger partial charge on any atom is -0.486 e. The second-order valence-electron chi connectivity index (χ2n) is 6.93. The summed E-state index contributed by atoms with van der Waals surface area (Å²) in [6.07, 6.45) is 3.23. The predicted octanol–water partition coefficient (Wildman–Crippen LogP) is 1.74. The average Bonchev–Trinajstić information content (AvgIpc) is 3.01. The fourth-order valence-electron chi connectivity index (χ4n) is 3.71. The van der Waals surface area contributed by atoms with E-state index >= 15 is 0 Å². The smallest absolute Gasteiger partial charge is 0.266 e. The number of ether oxygens (including phenoxy) is 2. The zero-order valence-electron chi connectivity index (χ0n) is 15.9. The van der Waals surface area contributed by atoms with Gasteiger partial charge in [-0.25, -0.2) is 8.42 Å². The van der Waals surface area contributed by atoms with Crippen LogP contribution in [0, 0.1) is 0 Å². The SMILES string of the molecule is CCn1c(=NC(=O)C2CCCCN2S(C)(=O)=O)sc2cc3c(cc21)OCCO3. The van der Waals surface area contributed by atoms with Crippen molar-refractivity contribution in [1.82, 2.24) is 8.87 Å². The normalized spacial score (nSPS) is 21.2. The van der Waals surface area contributed by atoms with E-state index in [9.17, 15) is 13.2 Å². The summed E-state index contributed by atoms with van der Waals surface area (Å²) in [5.41, 5.74) is 0.923. The maximum atomic E-state index is 12.9. The van der Waals surface area contributed by atoms with Crippen molar-refractivity contribution < 1.29 is 22.7 Å². The lowest BCUT2D eigenvalue weighted by Crippen LogP contribution is -2.47. The van der Waals surface area contributed by atoms with Crippen LogP contribution < -0.4 is 14.3 Å². The first-order valence-electron chi connectivity index (χ1n) is 9.37. The summed E-state index contributed by atoms with van der Waals surface area (Å²) in [6.45, 7) is 4.00. The monoisotopic (exact) mass is 425 g/mol. The molecule has 0 spiro atoms. The summed E-state index contributed by atoms with van der Waals surface area (Å²) >= 11 is 1.39. The fraction of sp³-hybridized carbons (Fsp3) is 0.556. The van der Waals surface area contributed by atoms with E-state index < -0.39 is 22.0 Å². The fourth-order valence-corrected chi connectivity index (χ4v) is 5.94. The summed E-state index contributed by atoms with van der Waals surface area (Å²) in [7, 11) is -3.45. The van der Waals surface area contributed by atoms with Gasteiger partial charge in [-0.2, -0.15) is 9.30 Å². The molecule has 2 aromatic rings. The number of rotatable bonds is 3. The Morgan fingerprint density at radius 3 is 2.64 bits per heavy atom. The van der Waals surface area contributed by atoms with Crippen molar-refractivity contribution in [3.63, 3.8) is 0 Å². The van der Waals surface area contributed by atoms with E-state index in [4.69, 9.17) is 9.47 Å². The molecule has 3 heterocycles. The maximum Gasteiger partial charge on any atom is 0.266 e. The van der Waals surface area contributed by atoms with Crippen LogP contribution in [0.2, 0.25) is 0 Å². The summed E-state index contributed by atoms with van der Waals surface area (Å²) in [5, 5.41) is 0. The Bertz CT molecular complexity index is 1090. The lowest BCUT2D eigenvalue weighted by Gasteiger charge is -2.31. The van der Waals surface area contributed by atoms with Gasteiger partial charge in [-0.3, -0.25) is 4.79 Å². The van der Waals surface area contributed by atoms with Crippen molar-refractivity contribution in [2.75, 3.05) is 26.0 Å². The van der Waals surface area contributed by atoms with Gasteiger partial charge >= 0.3 is 0 Å². The quantitative estimate of drug-likeness (QED) is 0.747. The van der Waals surface area contributed by atoms with Crippen molar-refractivity contribution in [3.05, 3.63) is 16.9 Å². The maximum absolute atomic E-state index is 12.9. The number of hydrogen-bond donors (Lipinski definition) is 0. The van der Waals surface area contributed by atoms with Gasteiger partial charge in [-0.1, -0.05) is 17.8 Å². The van der Waals surface area contributed by atoms with Gasteiger partial charge in [0.05, 0.1) is 16.5 Å². The second-order valence-corrected chi connectivity index (χ2v) is 9.87. The van der Waals surface area contributed by atoms with Crippen molar-refractivity contribution in [1.29, 1.82) is 0 Å². The number of fused-ring (bicyclic) bond motifs is 2. The molecule has 1 saturated heterocycles. The third kappa shape index (κ3) is 3.56. The Morgan fingerprint density at radius 2 is 1.96 bits per heavy atom. The number of sulfonamides is 1. The molecule has 1 fully saturated rings. The van der Waals surface area contributed by atoms with Crippen molar-refractivity contribution in [2.24, 2.45) is 4.99 Å². The molecule has 10 heteroatoms.